The highest BCUT2D eigenvalue weighted by Gasteiger charge is 2.76. The van der Waals surface area contributed by atoms with Crippen molar-refractivity contribution in [1.82, 2.24) is 0 Å². The zero-order valence-corrected chi connectivity index (χ0v) is 16.8. The van der Waals surface area contributed by atoms with E-state index in [1.165, 1.54) is 0 Å². The number of ether oxygens (including phenoxy) is 4. The maximum atomic E-state index is 10.6. The number of methoxy groups -OCH3 is 2. The molecule has 0 radical (unpaired) electrons. The summed E-state index contributed by atoms with van der Waals surface area (Å²) in [7, 11) is 3.47. The van der Waals surface area contributed by atoms with Crippen LogP contribution in [0.2, 0.25) is 0 Å². The topological polar surface area (TPSA) is 57.2 Å². The molecule has 150 valence electrons. The summed E-state index contributed by atoms with van der Waals surface area (Å²) in [6.45, 7) is 5.39. The van der Waals surface area contributed by atoms with Crippen LogP contribution in [0.25, 0.3) is 0 Å². The number of allylic oxidation sites excluding steroid dienone is 2. The molecule has 0 amide bonds. The summed E-state index contributed by atoms with van der Waals surface area (Å²) >= 11 is 0. The van der Waals surface area contributed by atoms with E-state index < -0.39 is 11.6 Å². The molecule has 3 fully saturated rings. The highest BCUT2D eigenvalue weighted by Crippen LogP contribution is 2.68. The molecule has 1 heterocycles. The number of aliphatic hydroxyl groups is 1. The van der Waals surface area contributed by atoms with Crippen LogP contribution in [0.3, 0.4) is 0 Å². The lowest BCUT2D eigenvalue weighted by Crippen LogP contribution is -2.54. The Bertz CT molecular complexity index is 485. The van der Waals surface area contributed by atoms with E-state index in [-0.39, 0.29) is 17.9 Å². The standard InChI is InChI=1S/C21H36O5/c1-5-7-8-9-10-15(22)13-17-16-11-12-26-20(25-6-2)14-18(17)21(23-3,24-4)19(16)20/h5,7,15-19,22H,6,8-14H2,1-4H3/b7-5+/t15?,16-,17-,18+,19+,20+/m1/s1. The Morgan fingerprint density at radius 2 is 2.08 bits per heavy atom. The maximum Gasteiger partial charge on any atom is 0.179 e. The summed E-state index contributed by atoms with van der Waals surface area (Å²) < 4.78 is 24.3. The van der Waals surface area contributed by atoms with Crippen molar-refractivity contribution in [3.63, 3.8) is 0 Å². The van der Waals surface area contributed by atoms with Gasteiger partial charge >= 0.3 is 0 Å². The van der Waals surface area contributed by atoms with Gasteiger partial charge in [0.15, 0.2) is 11.6 Å². The summed E-state index contributed by atoms with van der Waals surface area (Å²) in [5, 5.41) is 10.6. The molecule has 2 bridgehead atoms. The van der Waals surface area contributed by atoms with E-state index in [4.69, 9.17) is 18.9 Å². The van der Waals surface area contributed by atoms with Crippen LogP contribution in [0, 0.1) is 23.7 Å². The Morgan fingerprint density at radius 1 is 1.31 bits per heavy atom. The molecule has 0 aromatic carbocycles. The fourth-order valence-corrected chi connectivity index (χ4v) is 6.11. The van der Waals surface area contributed by atoms with Crippen molar-refractivity contribution in [2.24, 2.45) is 23.7 Å². The minimum atomic E-state index is -0.657. The van der Waals surface area contributed by atoms with E-state index in [0.29, 0.717) is 25.0 Å². The average molecular weight is 369 g/mol. The molecule has 1 N–H and O–H groups in total. The number of hydrogen-bond donors (Lipinski definition) is 1. The van der Waals surface area contributed by atoms with Gasteiger partial charge in [0.05, 0.1) is 18.6 Å². The summed E-state index contributed by atoms with van der Waals surface area (Å²) in [4.78, 5) is 0. The van der Waals surface area contributed by atoms with Gasteiger partial charge in [-0.15, -0.1) is 0 Å². The summed E-state index contributed by atoms with van der Waals surface area (Å²) in [6.07, 6.45) is 9.49. The van der Waals surface area contributed by atoms with Gasteiger partial charge in [0.2, 0.25) is 0 Å². The molecule has 26 heavy (non-hydrogen) atoms. The molecular formula is C21H36O5. The molecule has 0 aromatic heterocycles. The highest BCUT2D eigenvalue weighted by atomic mass is 16.7. The molecule has 1 aliphatic heterocycles. The number of fused-ring (bicyclic) bond motifs is 1. The van der Waals surface area contributed by atoms with E-state index >= 15 is 0 Å². The number of rotatable bonds is 10. The molecule has 0 aromatic rings. The first-order valence-corrected chi connectivity index (χ1v) is 10.3. The van der Waals surface area contributed by atoms with Gasteiger partial charge in [-0.25, -0.2) is 0 Å². The predicted molar refractivity (Wildman–Crippen MR) is 99.5 cm³/mol. The minimum absolute atomic E-state index is 0.0731. The maximum absolute atomic E-state index is 10.6. The van der Waals surface area contributed by atoms with E-state index in [1.807, 2.05) is 13.8 Å². The first kappa shape index (κ1) is 20.3. The second kappa shape index (κ2) is 8.27. The fourth-order valence-electron chi connectivity index (χ4n) is 6.11. The zero-order valence-electron chi connectivity index (χ0n) is 16.8. The largest absolute Gasteiger partial charge is 0.393 e. The summed E-state index contributed by atoms with van der Waals surface area (Å²) in [5.74, 6) is -0.154. The van der Waals surface area contributed by atoms with Crippen LogP contribution in [-0.2, 0) is 18.9 Å². The van der Waals surface area contributed by atoms with E-state index in [0.717, 1.165) is 38.5 Å². The first-order valence-electron chi connectivity index (χ1n) is 10.3. The first-order chi connectivity index (χ1) is 12.6. The molecule has 5 heteroatoms. The van der Waals surface area contributed by atoms with Crippen LogP contribution in [0.4, 0.5) is 0 Å². The third kappa shape index (κ3) is 3.16. The number of aliphatic hydroxyl groups excluding tert-OH is 1. The molecule has 2 aliphatic carbocycles. The van der Waals surface area contributed by atoms with Crippen molar-refractivity contribution in [2.45, 2.75) is 70.1 Å². The second-order valence-electron chi connectivity index (χ2n) is 8.02. The van der Waals surface area contributed by atoms with Crippen molar-refractivity contribution < 1.29 is 24.1 Å². The molecule has 1 saturated heterocycles. The smallest absolute Gasteiger partial charge is 0.179 e. The van der Waals surface area contributed by atoms with Crippen LogP contribution in [-0.4, -0.2) is 50.2 Å². The normalized spacial score (nSPS) is 39.0. The lowest BCUT2D eigenvalue weighted by atomic mass is 9.71. The molecule has 3 aliphatic rings. The predicted octanol–water partition coefficient (Wildman–Crippen LogP) is 3.51. The number of unbranched alkanes of at least 4 members (excludes halogenated alkanes) is 1. The van der Waals surface area contributed by atoms with Crippen molar-refractivity contribution in [2.75, 3.05) is 27.4 Å². The SMILES string of the molecule is C/C=C/CCCC(O)C[C@@H]1[C@H]2CCO[C@@]3(OCC)C[C@@H]1C(OC)(OC)[C@@H]23. The highest BCUT2D eigenvalue weighted by molar-refractivity contribution is 5.17. The summed E-state index contributed by atoms with van der Waals surface area (Å²) in [5.41, 5.74) is 0. The minimum Gasteiger partial charge on any atom is -0.393 e. The monoisotopic (exact) mass is 368 g/mol. The van der Waals surface area contributed by atoms with Gasteiger partial charge in [-0.05, 0) is 57.8 Å². The Hall–Kier alpha value is -0.460. The van der Waals surface area contributed by atoms with Crippen LogP contribution in [0.15, 0.2) is 12.2 Å². The van der Waals surface area contributed by atoms with Crippen molar-refractivity contribution in [3.8, 4) is 0 Å². The second-order valence-corrected chi connectivity index (χ2v) is 8.02. The van der Waals surface area contributed by atoms with Crippen LogP contribution in [0.5, 0.6) is 0 Å². The zero-order chi connectivity index (χ0) is 18.8. The molecule has 5 nitrogen and oxygen atoms in total. The molecule has 2 saturated carbocycles. The molecule has 0 spiro atoms. The van der Waals surface area contributed by atoms with E-state index in [9.17, 15) is 5.11 Å². The lowest BCUT2D eigenvalue weighted by Gasteiger charge is -2.48. The van der Waals surface area contributed by atoms with E-state index in [1.54, 1.807) is 14.2 Å². The van der Waals surface area contributed by atoms with E-state index in [2.05, 4.69) is 12.2 Å². The molecule has 1 unspecified atom stereocenters. The van der Waals surface area contributed by atoms with Crippen LogP contribution in [0.1, 0.15) is 52.4 Å². The third-order valence-electron chi connectivity index (χ3n) is 6.94. The van der Waals surface area contributed by atoms with Crippen LogP contribution < -0.4 is 0 Å². The fraction of sp³-hybridized carbons (Fsp3) is 0.905. The Morgan fingerprint density at radius 3 is 2.73 bits per heavy atom. The molecular weight excluding hydrogens is 332 g/mol. The van der Waals surface area contributed by atoms with Crippen molar-refractivity contribution in [1.29, 1.82) is 0 Å². The van der Waals surface area contributed by atoms with Crippen LogP contribution >= 0.6 is 0 Å². The van der Waals surface area contributed by atoms with Gasteiger partial charge < -0.3 is 24.1 Å². The third-order valence-corrected chi connectivity index (χ3v) is 6.94. The van der Waals surface area contributed by atoms with Gasteiger partial charge in [-0.1, -0.05) is 12.2 Å². The van der Waals surface area contributed by atoms with Gasteiger partial charge in [0.1, 0.15) is 0 Å². The van der Waals surface area contributed by atoms with Gasteiger partial charge in [-0.3, -0.25) is 0 Å². The Labute approximate surface area is 158 Å². The molecule has 3 rings (SSSR count). The van der Waals surface area contributed by atoms with Gasteiger partial charge in [0, 0.05) is 33.2 Å². The van der Waals surface area contributed by atoms with Crippen molar-refractivity contribution in [3.05, 3.63) is 12.2 Å². The Balaban J connectivity index is 1.75. The van der Waals surface area contributed by atoms with Crippen molar-refractivity contribution >= 4 is 0 Å². The van der Waals surface area contributed by atoms with Gasteiger partial charge in [0.25, 0.3) is 0 Å². The quantitative estimate of drug-likeness (QED) is 0.363. The summed E-state index contributed by atoms with van der Waals surface area (Å²) in [6, 6.07) is 0. The molecule has 6 atom stereocenters. The average Bonchev–Trinajstić information content (AvgIpc) is 3.07. The Kier molecular flexibility index (Phi) is 6.45. The van der Waals surface area contributed by atoms with Gasteiger partial charge in [-0.2, -0.15) is 0 Å². The lowest BCUT2D eigenvalue weighted by molar-refractivity contribution is -0.329. The number of hydrogen-bond acceptors (Lipinski definition) is 5.